The van der Waals surface area contributed by atoms with Crippen LogP contribution in [0.3, 0.4) is 0 Å². The summed E-state index contributed by atoms with van der Waals surface area (Å²) < 4.78 is 4.90. The van der Waals surface area contributed by atoms with Gasteiger partial charge in [-0.1, -0.05) is 29.8 Å². The molecule has 0 radical (unpaired) electrons. The van der Waals surface area contributed by atoms with Gasteiger partial charge in [0.15, 0.2) is 6.61 Å². The van der Waals surface area contributed by atoms with Crippen molar-refractivity contribution in [3.8, 4) is 0 Å². The number of non-ortho nitro benzene ring substituents is 1. The van der Waals surface area contributed by atoms with Crippen LogP contribution < -0.4 is 10.6 Å². The lowest BCUT2D eigenvalue weighted by Crippen LogP contribution is -2.42. The smallest absolute Gasteiger partial charge is 0.328 e. The van der Waals surface area contributed by atoms with Gasteiger partial charge in [-0.15, -0.1) is 0 Å². The number of ether oxygens (including phenoxy) is 1. The van der Waals surface area contributed by atoms with Gasteiger partial charge < -0.3 is 20.3 Å². The summed E-state index contributed by atoms with van der Waals surface area (Å²) in [5, 5.41) is 16.1. The highest BCUT2D eigenvalue weighted by atomic mass is 35.5. The molecule has 11 nitrogen and oxygen atoms in total. The number of likely N-dealkylation sites (N-methyl/N-ethyl adjacent to an activating group) is 1. The van der Waals surface area contributed by atoms with Gasteiger partial charge in [-0.05, 0) is 25.1 Å². The summed E-state index contributed by atoms with van der Waals surface area (Å²) in [6, 6.07) is 10.5. The van der Waals surface area contributed by atoms with Gasteiger partial charge in [-0.3, -0.25) is 24.5 Å². The molecule has 174 valence electrons. The second-order valence-electron chi connectivity index (χ2n) is 6.89. The fourth-order valence-electron chi connectivity index (χ4n) is 2.52. The summed E-state index contributed by atoms with van der Waals surface area (Å²) in [6.07, 6.45) is 0. The maximum atomic E-state index is 12.2. The number of carbonyl (C=O) groups excluding carboxylic acids is 4. The van der Waals surface area contributed by atoms with Crippen molar-refractivity contribution in [3.05, 3.63) is 69.2 Å². The molecule has 0 aliphatic carbocycles. The number of hydrogen-bond acceptors (Lipinski definition) is 7. The molecule has 2 aromatic carbocycles. The number of para-hydroxylation sites is 1. The van der Waals surface area contributed by atoms with Crippen LogP contribution in [0.25, 0.3) is 0 Å². The van der Waals surface area contributed by atoms with Crippen LogP contribution in [-0.4, -0.2) is 59.8 Å². The molecule has 0 bridgehead atoms. The zero-order chi connectivity index (χ0) is 24.5. The molecule has 0 saturated carbocycles. The monoisotopic (exact) mass is 476 g/mol. The van der Waals surface area contributed by atoms with Crippen molar-refractivity contribution >= 4 is 46.7 Å². The molecule has 12 heteroatoms. The minimum atomic E-state index is -1.13. The highest BCUT2D eigenvalue weighted by molar-refractivity contribution is 6.33. The first kappa shape index (κ1) is 25.3. The molecule has 0 saturated heterocycles. The number of amides is 3. The van der Waals surface area contributed by atoms with Gasteiger partial charge in [0, 0.05) is 24.7 Å². The van der Waals surface area contributed by atoms with Crippen molar-refractivity contribution in [2.24, 2.45) is 0 Å². The highest BCUT2D eigenvalue weighted by Crippen LogP contribution is 2.20. The van der Waals surface area contributed by atoms with Gasteiger partial charge in [0.1, 0.15) is 6.04 Å². The largest absolute Gasteiger partial charge is 0.454 e. The molecule has 1 atom stereocenters. The minimum Gasteiger partial charge on any atom is -0.454 e. The average molecular weight is 477 g/mol. The zero-order valence-corrected chi connectivity index (χ0v) is 18.5. The van der Waals surface area contributed by atoms with E-state index in [0.717, 1.165) is 11.0 Å². The first-order valence-electron chi connectivity index (χ1n) is 9.58. The summed E-state index contributed by atoms with van der Waals surface area (Å²) >= 11 is 5.97. The van der Waals surface area contributed by atoms with E-state index in [9.17, 15) is 29.3 Å². The van der Waals surface area contributed by atoms with Gasteiger partial charge in [0.2, 0.25) is 5.91 Å². The van der Waals surface area contributed by atoms with E-state index in [1.807, 2.05) is 0 Å². The van der Waals surface area contributed by atoms with Crippen molar-refractivity contribution in [3.63, 3.8) is 0 Å². The lowest BCUT2D eigenvalue weighted by Gasteiger charge is -2.18. The third-order valence-electron chi connectivity index (χ3n) is 4.31. The molecule has 0 aliphatic rings. The fraction of sp³-hybridized carbons (Fsp3) is 0.238. The third-order valence-corrected chi connectivity index (χ3v) is 4.64. The number of anilines is 1. The number of rotatable bonds is 9. The van der Waals surface area contributed by atoms with Crippen LogP contribution in [-0.2, 0) is 19.1 Å². The topological polar surface area (TPSA) is 148 Å². The van der Waals surface area contributed by atoms with Gasteiger partial charge in [-0.25, -0.2) is 4.79 Å². The van der Waals surface area contributed by atoms with E-state index >= 15 is 0 Å². The average Bonchev–Trinajstić information content (AvgIpc) is 2.78. The molecule has 2 N–H and O–H groups in total. The van der Waals surface area contributed by atoms with E-state index in [2.05, 4.69) is 10.6 Å². The lowest BCUT2D eigenvalue weighted by atomic mass is 10.2. The number of nitrogens with one attached hydrogen (secondary N) is 2. The highest BCUT2D eigenvalue weighted by Gasteiger charge is 2.21. The van der Waals surface area contributed by atoms with Crippen LogP contribution >= 0.6 is 11.6 Å². The van der Waals surface area contributed by atoms with Gasteiger partial charge in [0.05, 0.1) is 22.2 Å². The second-order valence-corrected chi connectivity index (χ2v) is 7.30. The molecule has 0 unspecified atom stereocenters. The minimum absolute atomic E-state index is 0.0100. The lowest BCUT2D eigenvalue weighted by molar-refractivity contribution is -0.384. The van der Waals surface area contributed by atoms with Crippen LogP contribution in [0.2, 0.25) is 5.02 Å². The van der Waals surface area contributed by atoms with E-state index in [1.54, 1.807) is 24.3 Å². The maximum Gasteiger partial charge on any atom is 0.328 e. The molecule has 2 rings (SSSR count). The zero-order valence-electron chi connectivity index (χ0n) is 17.7. The number of halogens is 1. The molecular weight excluding hydrogens is 456 g/mol. The molecule has 0 aromatic heterocycles. The molecule has 2 aromatic rings. The number of nitro benzene ring substituents is 1. The summed E-state index contributed by atoms with van der Waals surface area (Å²) in [5.41, 5.74) is 0.110. The molecule has 0 aliphatic heterocycles. The number of benzene rings is 2. The predicted octanol–water partition coefficient (Wildman–Crippen LogP) is 2.01. The Bertz CT molecular complexity index is 1080. The summed E-state index contributed by atoms with van der Waals surface area (Å²) in [5.74, 6) is -2.75. The Morgan fingerprint density at radius 1 is 1.15 bits per heavy atom. The van der Waals surface area contributed by atoms with Crippen molar-refractivity contribution in [1.29, 1.82) is 0 Å². The standard InChI is InChI=1S/C21H21ClN4O7/c1-13(23-20(29)14-6-5-7-15(10-14)26(31)32)21(30)33-12-19(28)25(2)11-18(27)24-17-9-4-3-8-16(17)22/h3-10,13H,11-12H2,1-2H3,(H,23,29)(H,24,27)/t13-/m0/s1. The maximum absolute atomic E-state index is 12.2. The third kappa shape index (κ3) is 7.58. The van der Waals surface area contributed by atoms with Crippen LogP contribution in [0.1, 0.15) is 17.3 Å². The number of carbonyl (C=O) groups is 4. The first-order chi connectivity index (χ1) is 15.6. The van der Waals surface area contributed by atoms with Gasteiger partial charge >= 0.3 is 5.97 Å². The SMILES string of the molecule is C[C@H](NC(=O)c1cccc([N+](=O)[O-])c1)C(=O)OCC(=O)N(C)CC(=O)Nc1ccccc1Cl. The van der Waals surface area contributed by atoms with E-state index in [4.69, 9.17) is 16.3 Å². The second kappa shape index (κ2) is 11.6. The van der Waals surface area contributed by atoms with Crippen LogP contribution in [0.4, 0.5) is 11.4 Å². The molecule has 0 spiro atoms. The van der Waals surface area contributed by atoms with E-state index in [-0.39, 0.29) is 17.8 Å². The number of nitro groups is 1. The summed E-state index contributed by atoms with van der Waals surface area (Å²) in [7, 11) is 1.36. The Balaban J connectivity index is 1.81. The van der Waals surface area contributed by atoms with Crippen LogP contribution in [0.15, 0.2) is 48.5 Å². The molecule has 3 amide bonds. The predicted molar refractivity (Wildman–Crippen MR) is 119 cm³/mol. The Morgan fingerprint density at radius 2 is 1.85 bits per heavy atom. The van der Waals surface area contributed by atoms with Crippen LogP contribution in [0, 0.1) is 10.1 Å². The van der Waals surface area contributed by atoms with E-state index in [1.165, 1.54) is 32.2 Å². The molecule has 0 heterocycles. The Kier molecular flexibility index (Phi) is 8.87. The fourth-order valence-corrected chi connectivity index (χ4v) is 2.71. The van der Waals surface area contributed by atoms with Crippen molar-refractivity contribution < 1.29 is 28.8 Å². The normalized spacial score (nSPS) is 11.1. The number of hydrogen-bond donors (Lipinski definition) is 2. The number of esters is 1. The Labute approximate surface area is 193 Å². The van der Waals surface area contributed by atoms with E-state index in [0.29, 0.717) is 10.7 Å². The first-order valence-corrected chi connectivity index (χ1v) is 9.96. The van der Waals surface area contributed by atoms with Crippen LogP contribution in [0.5, 0.6) is 0 Å². The summed E-state index contributed by atoms with van der Waals surface area (Å²) in [6.45, 7) is 0.384. The van der Waals surface area contributed by atoms with Crippen molar-refractivity contribution in [2.45, 2.75) is 13.0 Å². The van der Waals surface area contributed by atoms with Crippen molar-refractivity contribution in [2.75, 3.05) is 25.5 Å². The van der Waals surface area contributed by atoms with E-state index < -0.39 is 41.3 Å². The summed E-state index contributed by atoms with van der Waals surface area (Å²) in [4.78, 5) is 59.8. The Hall–Kier alpha value is -3.99. The number of nitrogens with zero attached hydrogens (tertiary/aromatic N) is 2. The van der Waals surface area contributed by atoms with Crippen molar-refractivity contribution in [1.82, 2.24) is 10.2 Å². The Morgan fingerprint density at radius 3 is 2.52 bits per heavy atom. The molecule has 0 fully saturated rings. The van der Waals surface area contributed by atoms with Gasteiger partial charge in [-0.2, -0.15) is 0 Å². The molecular formula is C21H21ClN4O7. The molecule has 33 heavy (non-hydrogen) atoms. The van der Waals surface area contributed by atoms with Gasteiger partial charge in [0.25, 0.3) is 17.5 Å². The quantitative estimate of drug-likeness (QED) is 0.319.